The number of aliphatic hydroxyl groups excluding tert-OH is 2. The van der Waals surface area contributed by atoms with Crippen molar-refractivity contribution in [2.75, 3.05) is 72.0 Å². The van der Waals surface area contributed by atoms with Crippen LogP contribution in [-0.4, -0.2) is 213 Å². The van der Waals surface area contributed by atoms with Gasteiger partial charge in [-0.3, -0.25) is 52.9 Å². The van der Waals surface area contributed by atoms with E-state index in [1.807, 2.05) is 0 Å². The van der Waals surface area contributed by atoms with Gasteiger partial charge in [-0.05, 0) is 136 Å². The number of carbonyl (C=O) groups is 10. The molecule has 0 saturated carbocycles. The fourth-order valence-corrected chi connectivity index (χ4v) is 8.55. The van der Waals surface area contributed by atoms with Crippen molar-refractivity contribution in [3.63, 3.8) is 0 Å². The molecule has 1 rings (SSSR count). The molecule has 1 heterocycles. The van der Waals surface area contributed by atoms with Gasteiger partial charge in [0.25, 0.3) is 5.91 Å². The molecule has 0 aliphatic carbocycles. The van der Waals surface area contributed by atoms with E-state index in [0.29, 0.717) is 84.0 Å². The first-order chi connectivity index (χ1) is 40.0. The summed E-state index contributed by atoms with van der Waals surface area (Å²) in [6.45, 7) is 1.46. The van der Waals surface area contributed by atoms with E-state index in [1.165, 1.54) is 17.9 Å². The van der Waals surface area contributed by atoms with E-state index in [2.05, 4.69) is 52.8 Å². The van der Waals surface area contributed by atoms with E-state index in [1.54, 1.807) is 0 Å². The van der Waals surface area contributed by atoms with Crippen LogP contribution in [0.4, 0.5) is 0 Å². The van der Waals surface area contributed by atoms with E-state index in [0.717, 1.165) is 0 Å². The van der Waals surface area contributed by atoms with Crippen LogP contribution in [0, 0.1) is 0 Å². The van der Waals surface area contributed by atoms with E-state index in [4.69, 9.17) is 57.3 Å². The zero-order valence-electron chi connectivity index (χ0n) is 48.6. The highest BCUT2D eigenvalue weighted by atomic mass is 16.3. The van der Waals surface area contributed by atoms with Crippen molar-refractivity contribution in [1.82, 2.24) is 52.8 Å². The molecule has 0 aromatic heterocycles. The molecule has 1 fully saturated rings. The molecule has 31 N–H and O–H groups in total. The molecule has 1 aliphatic heterocycles. The van der Waals surface area contributed by atoms with Gasteiger partial charge in [0.05, 0.1) is 24.8 Å². The van der Waals surface area contributed by atoms with Crippen molar-refractivity contribution in [1.29, 1.82) is 0 Å². The van der Waals surface area contributed by atoms with Gasteiger partial charge in [0.2, 0.25) is 53.2 Å². The fraction of sp³-hybridized carbons (Fsp3) is 0.745. The maximum absolute atomic E-state index is 14.2. The SMILES string of the molecule is C[C@H](NC(=O)[C@@H]1CCCN1C(=O)[C@@H](CCCN)NC(=O)CNC(=O)[C@@H](NC(=O)[C@@H](NC(=O)[C@@H](N)CCCCN)[C@@H](O)CN)[C@@H](O)CN)C(=O)N[C@@H](CCCCN)C(=O)N/C(=C\CCN=C(N)N)C(=O)N[C@@H](CCCCN)C(=O)NCCCCN. The maximum Gasteiger partial charge on any atom is 0.268 e. The second kappa shape index (κ2) is 43.0. The third kappa shape index (κ3) is 28.7. The number of amides is 10. The number of likely N-dealkylation sites (tertiary alicyclic amines) is 1. The Morgan fingerprint density at radius 1 is 0.583 bits per heavy atom. The zero-order valence-corrected chi connectivity index (χ0v) is 48.6. The van der Waals surface area contributed by atoms with Crippen LogP contribution in [0.3, 0.4) is 0 Å². The molecule has 0 bridgehead atoms. The number of hydrogen-bond donors (Lipinski definition) is 21. The molecule has 1 aliphatic rings. The summed E-state index contributed by atoms with van der Waals surface area (Å²) in [6.07, 6.45) is 3.58. The standard InChI is InChI=1S/C51H99N21O12/c1-30(42(76)67-33(15-4-7-21-54)45(79)69-34(17-11-25-63-51(60)61)46(80)68-32(14-3-6-20-53)44(78)62-24-9-8-22-55)65-47(81)36-18-12-26-72(36)50(84)35(16-10-23-56)66-39(75)29-64-48(82)40(37(73)27-57)71-49(83)41(38(74)28-58)70-43(77)31(59)13-2-5-19-52/h17,30-33,35-38,40-41,73-74H,2-16,18-29,52-59H2,1H3,(H,62,78)(H,64,82)(H,65,81)(H,66,75)(H,67,76)(H,68,80)(H,69,79)(H,70,77)(H,71,83)(H4,60,61,63)/b34-17-/t30-,31-,32-,33-,35+,36-,37-,38-,40-,41-/m0/s1. The molecule has 0 spiro atoms. The first kappa shape index (κ1) is 75.3. The summed E-state index contributed by atoms with van der Waals surface area (Å²) in [5.74, 6) is -8.44. The molecule has 480 valence electrons. The van der Waals surface area contributed by atoms with Gasteiger partial charge in [0.1, 0.15) is 48.0 Å². The monoisotopic (exact) mass is 1200 g/mol. The first-order valence-corrected chi connectivity index (χ1v) is 28.8. The molecule has 33 nitrogen and oxygen atoms in total. The summed E-state index contributed by atoms with van der Waals surface area (Å²) in [7, 11) is 0. The van der Waals surface area contributed by atoms with Gasteiger partial charge in [-0.15, -0.1) is 0 Å². The van der Waals surface area contributed by atoms with Crippen molar-refractivity contribution in [2.45, 2.75) is 170 Å². The predicted octanol–water partition coefficient (Wildman–Crippen LogP) is -9.37. The summed E-state index contributed by atoms with van der Waals surface area (Å²) in [6, 6.07) is -10.6. The summed E-state index contributed by atoms with van der Waals surface area (Å²) >= 11 is 0. The molecule has 0 radical (unpaired) electrons. The van der Waals surface area contributed by atoms with E-state index >= 15 is 0 Å². The van der Waals surface area contributed by atoms with Crippen LogP contribution in [0.5, 0.6) is 0 Å². The van der Waals surface area contributed by atoms with Gasteiger partial charge in [0, 0.05) is 32.7 Å². The smallest absolute Gasteiger partial charge is 0.268 e. The Kier molecular flexibility index (Phi) is 38.6. The minimum Gasteiger partial charge on any atom is -0.389 e. The number of unbranched alkanes of at least 4 members (excludes halogenated alkanes) is 4. The molecule has 0 aromatic rings. The van der Waals surface area contributed by atoms with Gasteiger partial charge in [0.15, 0.2) is 5.96 Å². The largest absolute Gasteiger partial charge is 0.389 e. The van der Waals surface area contributed by atoms with Crippen molar-refractivity contribution in [3.8, 4) is 0 Å². The van der Waals surface area contributed by atoms with Crippen LogP contribution in [0.15, 0.2) is 16.8 Å². The Morgan fingerprint density at radius 2 is 1.12 bits per heavy atom. The Bertz CT molecular complexity index is 2140. The minimum atomic E-state index is -1.82. The number of aliphatic imine (C=N–C) groups is 1. The Morgan fingerprint density at radius 3 is 1.69 bits per heavy atom. The number of nitrogens with two attached hydrogens (primary N) is 10. The highest BCUT2D eigenvalue weighted by molar-refractivity contribution is 6.02. The third-order valence-corrected chi connectivity index (χ3v) is 13.4. The lowest BCUT2D eigenvalue weighted by Gasteiger charge is -2.30. The molecule has 1 saturated heterocycles. The van der Waals surface area contributed by atoms with Crippen molar-refractivity contribution in [3.05, 3.63) is 11.8 Å². The number of guanidine groups is 1. The average molecular weight is 1200 g/mol. The number of aliphatic hydroxyl groups is 2. The minimum absolute atomic E-state index is 0.000731. The topological polar surface area (TPSA) is 595 Å². The number of nitrogens with zero attached hydrogens (tertiary/aromatic N) is 2. The van der Waals surface area contributed by atoms with Crippen molar-refractivity contribution < 1.29 is 58.2 Å². The first-order valence-electron chi connectivity index (χ1n) is 28.8. The fourth-order valence-electron chi connectivity index (χ4n) is 8.55. The zero-order chi connectivity index (χ0) is 63.1. The van der Waals surface area contributed by atoms with Crippen LogP contribution in [0.25, 0.3) is 0 Å². The third-order valence-electron chi connectivity index (χ3n) is 13.4. The lowest BCUT2D eigenvalue weighted by molar-refractivity contribution is -0.142. The van der Waals surface area contributed by atoms with E-state index in [9.17, 15) is 58.2 Å². The summed E-state index contributed by atoms with van der Waals surface area (Å²) in [4.78, 5) is 141. The lowest BCUT2D eigenvalue weighted by Crippen LogP contribution is -2.63. The number of nitrogens with one attached hydrogen (secondary N) is 9. The average Bonchev–Trinajstić information content (AvgIpc) is 4.18. The highest BCUT2D eigenvalue weighted by Crippen LogP contribution is 2.20. The van der Waals surface area contributed by atoms with E-state index in [-0.39, 0.29) is 82.8 Å². The molecule has 84 heavy (non-hydrogen) atoms. The molecule has 10 atom stereocenters. The van der Waals surface area contributed by atoms with Crippen LogP contribution in [-0.2, 0) is 47.9 Å². The van der Waals surface area contributed by atoms with Gasteiger partial charge in [-0.2, -0.15) is 0 Å². The summed E-state index contributed by atoms with van der Waals surface area (Å²) < 4.78 is 0. The van der Waals surface area contributed by atoms with Gasteiger partial charge < -0.3 is 120 Å². The molecule has 0 aromatic carbocycles. The maximum atomic E-state index is 14.2. The molecule has 33 heteroatoms. The summed E-state index contributed by atoms with van der Waals surface area (Å²) in [5.41, 5.74) is 56.1. The quantitative estimate of drug-likeness (QED) is 0.0117. The molecule has 10 amide bonds. The second-order valence-electron chi connectivity index (χ2n) is 20.3. The van der Waals surface area contributed by atoms with Crippen LogP contribution >= 0.6 is 0 Å². The Balaban J connectivity index is 3.26. The van der Waals surface area contributed by atoms with Crippen LogP contribution < -0.4 is 105 Å². The van der Waals surface area contributed by atoms with Crippen molar-refractivity contribution >= 4 is 65.0 Å². The van der Waals surface area contributed by atoms with Crippen LogP contribution in [0.1, 0.15) is 110 Å². The number of hydrogen-bond acceptors (Lipinski definition) is 21. The molecule has 0 unspecified atom stereocenters. The Hall–Kier alpha value is -6.69. The van der Waals surface area contributed by atoms with Gasteiger partial charge >= 0.3 is 0 Å². The van der Waals surface area contributed by atoms with Crippen LogP contribution in [0.2, 0.25) is 0 Å². The van der Waals surface area contributed by atoms with Gasteiger partial charge in [-0.25, -0.2) is 0 Å². The van der Waals surface area contributed by atoms with Gasteiger partial charge in [-0.1, -0.05) is 12.5 Å². The number of rotatable bonds is 44. The highest BCUT2D eigenvalue weighted by Gasteiger charge is 2.40. The normalized spacial score (nSPS) is 16.4. The van der Waals surface area contributed by atoms with E-state index < -0.39 is 139 Å². The lowest BCUT2D eigenvalue weighted by atomic mass is 10.1. The van der Waals surface area contributed by atoms with Crippen molar-refractivity contribution in [2.24, 2.45) is 62.3 Å². The second-order valence-corrected chi connectivity index (χ2v) is 20.3. The summed E-state index contributed by atoms with van der Waals surface area (Å²) in [5, 5.41) is 43.9. The Labute approximate surface area is 490 Å². The molecular formula is C51H99N21O12. The predicted molar refractivity (Wildman–Crippen MR) is 313 cm³/mol. The number of carbonyl (C=O) groups excluding carboxylic acids is 10. The molecular weight excluding hydrogens is 1100 g/mol.